The van der Waals surface area contributed by atoms with Crippen LogP contribution in [0.2, 0.25) is 0 Å². The SMILES string of the molecule is O=C(O)CCCC(=O)Nc1cccc(C2=NN3C(=O)C=C(N4CCNCC4)PC3S2)c1. The number of hydrazone groups is 1. The number of nitrogens with one attached hydrogen (secondary N) is 2. The maximum absolute atomic E-state index is 12.7. The van der Waals surface area contributed by atoms with Crippen molar-refractivity contribution in [2.45, 2.75) is 24.4 Å². The fourth-order valence-electron chi connectivity index (χ4n) is 3.50. The van der Waals surface area contributed by atoms with Gasteiger partial charge in [-0.05, 0) is 27.1 Å². The van der Waals surface area contributed by atoms with E-state index >= 15 is 0 Å². The Kier molecular flexibility index (Phi) is 6.89. The van der Waals surface area contributed by atoms with Crippen molar-refractivity contribution in [3.63, 3.8) is 0 Å². The molecule has 3 N–H and O–H groups in total. The van der Waals surface area contributed by atoms with Gasteiger partial charge in [0.25, 0.3) is 5.91 Å². The van der Waals surface area contributed by atoms with Crippen molar-refractivity contribution < 1.29 is 19.5 Å². The largest absolute Gasteiger partial charge is 0.481 e. The number of anilines is 1. The predicted molar refractivity (Wildman–Crippen MR) is 122 cm³/mol. The van der Waals surface area contributed by atoms with Gasteiger partial charge in [0.15, 0.2) is 0 Å². The van der Waals surface area contributed by atoms with E-state index in [0.717, 1.165) is 42.2 Å². The topological polar surface area (TPSA) is 114 Å². The van der Waals surface area contributed by atoms with Crippen LogP contribution in [0.4, 0.5) is 5.69 Å². The number of amides is 2. The van der Waals surface area contributed by atoms with Gasteiger partial charge < -0.3 is 20.6 Å². The zero-order valence-electron chi connectivity index (χ0n) is 16.8. The number of carboxylic acid groups (broad SMARTS) is 1. The van der Waals surface area contributed by atoms with Crippen LogP contribution in [0.25, 0.3) is 0 Å². The van der Waals surface area contributed by atoms with E-state index in [-0.39, 0.29) is 29.8 Å². The average molecular weight is 461 g/mol. The number of carbonyl (C=O) groups excluding carboxylic acids is 2. The van der Waals surface area contributed by atoms with Crippen molar-refractivity contribution in [1.29, 1.82) is 0 Å². The molecule has 2 atom stereocenters. The summed E-state index contributed by atoms with van der Waals surface area (Å²) in [4.78, 5) is 37.6. The van der Waals surface area contributed by atoms with Crippen molar-refractivity contribution >= 4 is 48.9 Å². The number of aliphatic carboxylic acids is 1. The summed E-state index contributed by atoms with van der Waals surface area (Å²) in [7, 11) is 0.460. The lowest BCUT2D eigenvalue weighted by molar-refractivity contribution is -0.137. The molecule has 0 aromatic heterocycles. The fraction of sp³-hybridized carbons (Fsp3) is 0.400. The van der Waals surface area contributed by atoms with Crippen LogP contribution < -0.4 is 10.6 Å². The molecule has 164 valence electrons. The van der Waals surface area contributed by atoms with Gasteiger partial charge in [-0.25, -0.2) is 5.01 Å². The molecule has 0 spiro atoms. The van der Waals surface area contributed by atoms with Crippen LogP contribution in [-0.4, -0.2) is 69.1 Å². The van der Waals surface area contributed by atoms with Gasteiger partial charge in [0.2, 0.25) is 5.91 Å². The molecule has 0 bridgehead atoms. The minimum atomic E-state index is -0.910. The van der Waals surface area contributed by atoms with Crippen molar-refractivity contribution in [3.05, 3.63) is 41.3 Å². The first-order valence-corrected chi connectivity index (χ1v) is 12.1. The van der Waals surface area contributed by atoms with E-state index in [0.29, 0.717) is 20.7 Å². The van der Waals surface area contributed by atoms with Crippen molar-refractivity contribution in [3.8, 4) is 0 Å². The van der Waals surface area contributed by atoms with Gasteiger partial charge >= 0.3 is 5.97 Å². The first kappa shape index (κ1) is 21.8. The van der Waals surface area contributed by atoms with Crippen LogP contribution in [0.15, 0.2) is 40.9 Å². The molecule has 31 heavy (non-hydrogen) atoms. The highest BCUT2D eigenvalue weighted by Crippen LogP contribution is 2.48. The third-order valence-electron chi connectivity index (χ3n) is 5.05. The average Bonchev–Trinajstić information content (AvgIpc) is 3.19. The number of carbonyl (C=O) groups is 3. The summed E-state index contributed by atoms with van der Waals surface area (Å²) >= 11 is 1.57. The molecule has 0 aliphatic carbocycles. The molecule has 0 saturated carbocycles. The molecule has 1 fully saturated rings. The highest BCUT2D eigenvalue weighted by Gasteiger charge is 2.37. The summed E-state index contributed by atoms with van der Waals surface area (Å²) in [5.74, 6) is -1.23. The number of nitrogens with zero attached hydrogens (tertiary/aromatic N) is 3. The molecular weight excluding hydrogens is 437 g/mol. The lowest BCUT2D eigenvalue weighted by Gasteiger charge is -2.35. The van der Waals surface area contributed by atoms with Gasteiger partial charge in [0, 0.05) is 61.8 Å². The van der Waals surface area contributed by atoms with E-state index in [1.165, 1.54) is 0 Å². The van der Waals surface area contributed by atoms with Gasteiger partial charge in [0.05, 0.1) is 0 Å². The lowest BCUT2D eigenvalue weighted by Crippen LogP contribution is -2.44. The molecule has 3 heterocycles. The smallest absolute Gasteiger partial charge is 0.303 e. The van der Waals surface area contributed by atoms with Crippen LogP contribution in [0.5, 0.6) is 0 Å². The van der Waals surface area contributed by atoms with Crippen LogP contribution in [0.3, 0.4) is 0 Å². The maximum Gasteiger partial charge on any atom is 0.303 e. The molecule has 2 unspecified atom stereocenters. The Bertz CT molecular complexity index is 947. The van der Waals surface area contributed by atoms with Gasteiger partial charge in [0.1, 0.15) is 10.2 Å². The molecule has 3 aliphatic heterocycles. The summed E-state index contributed by atoms with van der Waals surface area (Å²) in [6.45, 7) is 3.67. The van der Waals surface area contributed by atoms with Crippen LogP contribution >= 0.6 is 20.3 Å². The van der Waals surface area contributed by atoms with Crippen LogP contribution in [0, 0.1) is 0 Å². The second-order valence-corrected chi connectivity index (χ2v) is 10.2. The van der Waals surface area contributed by atoms with Crippen molar-refractivity contribution in [2.24, 2.45) is 5.10 Å². The molecule has 2 amide bonds. The fourth-order valence-corrected chi connectivity index (χ4v) is 6.47. The zero-order chi connectivity index (χ0) is 21.8. The third kappa shape index (κ3) is 5.44. The highest BCUT2D eigenvalue weighted by atomic mass is 32.2. The molecule has 3 aliphatic rings. The number of benzene rings is 1. The Balaban J connectivity index is 1.39. The quantitative estimate of drug-likeness (QED) is 0.531. The number of rotatable bonds is 7. The normalized spacial score (nSPS) is 21.5. The summed E-state index contributed by atoms with van der Waals surface area (Å²) in [5, 5.41) is 21.6. The second-order valence-electron chi connectivity index (χ2n) is 7.35. The Labute approximate surface area is 186 Å². The van der Waals surface area contributed by atoms with E-state index in [2.05, 4.69) is 20.6 Å². The van der Waals surface area contributed by atoms with E-state index in [4.69, 9.17) is 5.11 Å². The van der Waals surface area contributed by atoms with Gasteiger partial charge in [-0.1, -0.05) is 23.9 Å². The van der Waals surface area contributed by atoms with Crippen molar-refractivity contribution in [1.82, 2.24) is 15.2 Å². The van der Waals surface area contributed by atoms with E-state index in [1.54, 1.807) is 28.9 Å². The summed E-state index contributed by atoms with van der Waals surface area (Å²) in [5.41, 5.74) is 2.56. The van der Waals surface area contributed by atoms with E-state index in [1.807, 2.05) is 18.2 Å². The van der Waals surface area contributed by atoms with Gasteiger partial charge in [-0.2, -0.15) is 5.10 Å². The molecule has 1 aromatic carbocycles. The Morgan fingerprint density at radius 3 is 2.87 bits per heavy atom. The number of carboxylic acids is 1. The number of hydrogen-bond donors (Lipinski definition) is 3. The lowest BCUT2D eigenvalue weighted by atomic mass is 10.2. The standard InChI is InChI=1S/C20H24N5O4PS/c26-15(5-2-6-18(28)29)22-14-4-1-3-13(11-14)19-23-25-16(27)12-17(30-20(25)31-19)24-9-7-21-8-10-24/h1,3-4,11-12,20-21,30H,2,5-10H2,(H,22,26)(H,28,29). The third-order valence-corrected chi connectivity index (χ3v) is 7.97. The Morgan fingerprint density at radius 1 is 1.29 bits per heavy atom. The Hall–Kier alpha value is -2.42. The van der Waals surface area contributed by atoms with Crippen molar-refractivity contribution in [2.75, 3.05) is 31.5 Å². The number of hydrogen-bond acceptors (Lipinski definition) is 7. The minimum Gasteiger partial charge on any atom is -0.481 e. The van der Waals surface area contributed by atoms with E-state index < -0.39 is 5.97 Å². The monoisotopic (exact) mass is 461 g/mol. The van der Waals surface area contributed by atoms with Crippen LogP contribution in [-0.2, 0) is 14.4 Å². The molecular formula is C20H24N5O4PS. The number of fused-ring (bicyclic) bond motifs is 1. The molecule has 0 radical (unpaired) electrons. The molecule has 1 aromatic rings. The summed E-state index contributed by atoms with van der Waals surface area (Å²) in [6, 6.07) is 7.35. The van der Waals surface area contributed by atoms with E-state index in [9.17, 15) is 14.4 Å². The molecule has 9 nitrogen and oxygen atoms in total. The zero-order valence-corrected chi connectivity index (χ0v) is 18.7. The second kappa shape index (κ2) is 9.80. The number of piperazine rings is 1. The Morgan fingerprint density at radius 2 is 2.10 bits per heavy atom. The maximum atomic E-state index is 12.7. The summed E-state index contributed by atoms with van der Waals surface area (Å²) < 4.78 is 0. The first-order valence-electron chi connectivity index (χ1n) is 10.1. The predicted octanol–water partition coefficient (Wildman–Crippen LogP) is 1.84. The molecule has 4 rings (SSSR count). The highest BCUT2D eigenvalue weighted by molar-refractivity contribution is 8.18. The molecule has 1 saturated heterocycles. The number of thioether (sulfide) groups is 1. The minimum absolute atomic E-state index is 0.0309. The van der Waals surface area contributed by atoms with Crippen LogP contribution in [0.1, 0.15) is 24.8 Å². The molecule has 11 heteroatoms. The first-order chi connectivity index (χ1) is 15.0. The van der Waals surface area contributed by atoms with Gasteiger partial charge in [-0.3, -0.25) is 14.4 Å². The summed E-state index contributed by atoms with van der Waals surface area (Å²) in [6.07, 6.45) is 2.13. The van der Waals surface area contributed by atoms with Gasteiger partial charge in [-0.15, -0.1) is 0 Å².